The van der Waals surface area contributed by atoms with Crippen LogP contribution in [-0.4, -0.2) is 48.1 Å². The maximum absolute atomic E-state index is 12.2. The topological polar surface area (TPSA) is 32.8 Å². The summed E-state index contributed by atoms with van der Waals surface area (Å²) < 4.78 is 5.43. The largest absolute Gasteiger partial charge is 0.445 e. The third-order valence-electron chi connectivity index (χ3n) is 5.20. The zero-order valence-electron chi connectivity index (χ0n) is 14.1. The molecule has 1 amide bonds. The number of amides is 1. The monoisotopic (exact) mass is 316 g/mol. The van der Waals surface area contributed by atoms with Crippen molar-refractivity contribution >= 4 is 6.09 Å². The van der Waals surface area contributed by atoms with Gasteiger partial charge in [0, 0.05) is 32.2 Å². The molecule has 0 spiro atoms. The van der Waals surface area contributed by atoms with Crippen LogP contribution in [0.25, 0.3) is 0 Å². The maximum Gasteiger partial charge on any atom is 0.410 e. The second-order valence-electron chi connectivity index (χ2n) is 6.99. The van der Waals surface area contributed by atoms with Gasteiger partial charge in [0.1, 0.15) is 6.61 Å². The van der Waals surface area contributed by atoms with Crippen molar-refractivity contribution < 1.29 is 9.53 Å². The first-order valence-corrected chi connectivity index (χ1v) is 8.92. The van der Waals surface area contributed by atoms with E-state index in [2.05, 4.69) is 11.8 Å². The molecule has 1 saturated carbocycles. The summed E-state index contributed by atoms with van der Waals surface area (Å²) in [5, 5.41) is 0. The maximum atomic E-state index is 12.2. The van der Waals surface area contributed by atoms with Crippen molar-refractivity contribution in [3.63, 3.8) is 0 Å². The first-order chi connectivity index (χ1) is 11.2. The Morgan fingerprint density at radius 2 is 1.87 bits per heavy atom. The molecule has 4 heteroatoms. The fraction of sp³-hybridized carbons (Fsp3) is 0.632. The molecule has 0 radical (unpaired) electrons. The molecule has 2 aliphatic rings. The predicted molar refractivity (Wildman–Crippen MR) is 91.2 cm³/mol. The number of carbonyl (C=O) groups excluding carboxylic acids is 1. The first-order valence-electron chi connectivity index (χ1n) is 8.92. The van der Waals surface area contributed by atoms with Gasteiger partial charge in [0.2, 0.25) is 0 Å². The van der Waals surface area contributed by atoms with E-state index in [1.165, 1.54) is 25.7 Å². The van der Waals surface area contributed by atoms with Crippen LogP contribution in [0.15, 0.2) is 30.3 Å². The number of nitrogens with zero attached hydrogens (tertiary/aromatic N) is 2. The Bertz CT molecular complexity index is 497. The van der Waals surface area contributed by atoms with Gasteiger partial charge in [-0.15, -0.1) is 0 Å². The zero-order valence-corrected chi connectivity index (χ0v) is 14.1. The molecule has 2 fully saturated rings. The lowest BCUT2D eigenvalue weighted by molar-refractivity contribution is 0.0481. The molecule has 23 heavy (non-hydrogen) atoms. The van der Waals surface area contributed by atoms with E-state index in [-0.39, 0.29) is 6.09 Å². The van der Waals surface area contributed by atoms with Gasteiger partial charge in [-0.2, -0.15) is 0 Å². The van der Waals surface area contributed by atoms with Gasteiger partial charge in [-0.05, 0) is 24.3 Å². The molecule has 1 aromatic carbocycles. The molecular formula is C19H28N2O2. The van der Waals surface area contributed by atoms with Gasteiger partial charge in [0.15, 0.2) is 0 Å². The highest BCUT2D eigenvalue weighted by atomic mass is 16.6. The number of benzene rings is 1. The normalized spacial score (nSPS) is 26.0. The molecule has 0 N–H and O–H groups in total. The van der Waals surface area contributed by atoms with Gasteiger partial charge < -0.3 is 9.64 Å². The van der Waals surface area contributed by atoms with Gasteiger partial charge in [0.25, 0.3) is 0 Å². The van der Waals surface area contributed by atoms with Crippen molar-refractivity contribution in [3.05, 3.63) is 35.9 Å². The molecule has 126 valence electrons. The smallest absolute Gasteiger partial charge is 0.410 e. The molecule has 1 saturated heterocycles. The van der Waals surface area contributed by atoms with E-state index in [1.807, 2.05) is 35.2 Å². The molecule has 1 heterocycles. The van der Waals surface area contributed by atoms with E-state index >= 15 is 0 Å². The average molecular weight is 316 g/mol. The molecular weight excluding hydrogens is 288 g/mol. The summed E-state index contributed by atoms with van der Waals surface area (Å²) in [6, 6.07) is 10.6. The van der Waals surface area contributed by atoms with Crippen LogP contribution in [0.2, 0.25) is 0 Å². The Balaban J connectivity index is 1.42. The Labute approximate surface area is 139 Å². The highest BCUT2D eigenvalue weighted by Crippen LogP contribution is 2.27. The lowest BCUT2D eigenvalue weighted by Crippen LogP contribution is -2.52. The molecule has 2 atom stereocenters. The SMILES string of the molecule is C[C@@H]1CCC[C@H](N2CCN(C(=O)OCc3ccccc3)CC2)C1. The minimum atomic E-state index is -0.175. The highest BCUT2D eigenvalue weighted by molar-refractivity contribution is 5.67. The molecule has 0 unspecified atom stereocenters. The van der Waals surface area contributed by atoms with E-state index in [0.717, 1.165) is 43.7 Å². The number of carbonyl (C=O) groups is 1. The van der Waals surface area contributed by atoms with Crippen LogP contribution in [0.4, 0.5) is 4.79 Å². The minimum absolute atomic E-state index is 0.175. The number of hydrogen-bond acceptors (Lipinski definition) is 3. The van der Waals surface area contributed by atoms with Crippen molar-refractivity contribution in [1.82, 2.24) is 9.80 Å². The van der Waals surface area contributed by atoms with Crippen LogP contribution in [0.1, 0.15) is 38.2 Å². The molecule has 1 aliphatic heterocycles. The lowest BCUT2D eigenvalue weighted by atomic mass is 9.86. The Kier molecular flexibility index (Phi) is 5.55. The molecule has 1 aromatic rings. The Morgan fingerprint density at radius 3 is 2.57 bits per heavy atom. The number of piperazine rings is 1. The number of ether oxygens (including phenoxy) is 1. The van der Waals surface area contributed by atoms with Crippen LogP contribution < -0.4 is 0 Å². The lowest BCUT2D eigenvalue weighted by Gasteiger charge is -2.41. The van der Waals surface area contributed by atoms with Crippen LogP contribution in [0.5, 0.6) is 0 Å². The summed E-state index contributed by atoms with van der Waals surface area (Å²) in [6.07, 6.45) is 5.19. The zero-order chi connectivity index (χ0) is 16.1. The van der Waals surface area contributed by atoms with E-state index in [1.54, 1.807) is 0 Å². The number of rotatable bonds is 3. The second-order valence-corrected chi connectivity index (χ2v) is 6.99. The molecule has 1 aliphatic carbocycles. The summed E-state index contributed by atoms with van der Waals surface area (Å²) in [5.74, 6) is 0.850. The fourth-order valence-electron chi connectivity index (χ4n) is 3.81. The van der Waals surface area contributed by atoms with Gasteiger partial charge in [-0.1, -0.05) is 50.1 Å². The third-order valence-corrected chi connectivity index (χ3v) is 5.20. The van der Waals surface area contributed by atoms with E-state index in [4.69, 9.17) is 4.74 Å². The fourth-order valence-corrected chi connectivity index (χ4v) is 3.81. The van der Waals surface area contributed by atoms with Gasteiger partial charge in [-0.3, -0.25) is 4.90 Å². The first kappa shape index (κ1) is 16.3. The predicted octanol–water partition coefficient (Wildman–Crippen LogP) is 3.52. The van der Waals surface area contributed by atoms with Gasteiger partial charge in [-0.25, -0.2) is 4.79 Å². The molecule has 0 bridgehead atoms. The van der Waals surface area contributed by atoms with Crippen LogP contribution >= 0.6 is 0 Å². The van der Waals surface area contributed by atoms with E-state index in [0.29, 0.717) is 6.61 Å². The quantitative estimate of drug-likeness (QED) is 0.855. The molecule has 3 rings (SSSR count). The molecule has 4 nitrogen and oxygen atoms in total. The summed E-state index contributed by atoms with van der Waals surface area (Å²) in [6.45, 7) is 6.27. The van der Waals surface area contributed by atoms with Crippen molar-refractivity contribution in [2.45, 2.75) is 45.3 Å². The van der Waals surface area contributed by atoms with Gasteiger partial charge in [0.05, 0.1) is 0 Å². The van der Waals surface area contributed by atoms with Crippen molar-refractivity contribution in [2.24, 2.45) is 5.92 Å². The van der Waals surface area contributed by atoms with E-state index < -0.39 is 0 Å². The van der Waals surface area contributed by atoms with Crippen LogP contribution in [0, 0.1) is 5.92 Å². The standard InChI is InChI=1S/C19H28N2O2/c1-16-6-5-9-18(14-16)20-10-12-21(13-11-20)19(22)23-15-17-7-3-2-4-8-17/h2-4,7-8,16,18H,5-6,9-15H2,1H3/t16-,18+/m1/s1. The van der Waals surface area contributed by atoms with Crippen molar-refractivity contribution in [2.75, 3.05) is 26.2 Å². The average Bonchev–Trinajstić information content (AvgIpc) is 2.61. The van der Waals surface area contributed by atoms with Crippen molar-refractivity contribution in [3.8, 4) is 0 Å². The van der Waals surface area contributed by atoms with Crippen molar-refractivity contribution in [1.29, 1.82) is 0 Å². The highest BCUT2D eigenvalue weighted by Gasteiger charge is 2.29. The summed E-state index contributed by atoms with van der Waals surface area (Å²) in [4.78, 5) is 16.6. The van der Waals surface area contributed by atoms with Crippen LogP contribution in [-0.2, 0) is 11.3 Å². The van der Waals surface area contributed by atoms with Gasteiger partial charge >= 0.3 is 6.09 Å². The number of hydrogen-bond donors (Lipinski definition) is 0. The van der Waals surface area contributed by atoms with E-state index in [9.17, 15) is 4.79 Å². The Morgan fingerprint density at radius 1 is 1.13 bits per heavy atom. The minimum Gasteiger partial charge on any atom is -0.445 e. The summed E-state index contributed by atoms with van der Waals surface area (Å²) >= 11 is 0. The Hall–Kier alpha value is -1.55. The third kappa shape index (κ3) is 4.47. The summed E-state index contributed by atoms with van der Waals surface area (Å²) in [7, 11) is 0. The summed E-state index contributed by atoms with van der Waals surface area (Å²) in [5.41, 5.74) is 1.04. The molecule has 0 aromatic heterocycles. The second kappa shape index (κ2) is 7.82. The van der Waals surface area contributed by atoms with Crippen LogP contribution in [0.3, 0.4) is 0 Å².